The minimum absolute atomic E-state index is 0.0302. The van der Waals surface area contributed by atoms with Crippen LogP contribution in [0.3, 0.4) is 0 Å². The zero-order valence-electron chi connectivity index (χ0n) is 10.5. The summed E-state index contributed by atoms with van der Waals surface area (Å²) in [7, 11) is -2.69. The molecule has 7 nitrogen and oxygen atoms in total. The van der Waals surface area contributed by atoms with Gasteiger partial charge in [-0.2, -0.15) is 0 Å². The highest BCUT2D eigenvalue weighted by Crippen LogP contribution is 2.25. The average molecular weight is 289 g/mol. The van der Waals surface area contributed by atoms with E-state index in [1.807, 2.05) is 0 Å². The van der Waals surface area contributed by atoms with Gasteiger partial charge in [-0.25, -0.2) is 17.9 Å². The molecule has 1 atom stereocenters. The fraction of sp³-hybridized carbons (Fsp3) is 0.364. The number of methoxy groups -OCH3 is 1. The van der Waals surface area contributed by atoms with Gasteiger partial charge in [0.15, 0.2) is 0 Å². The molecule has 1 unspecified atom stereocenters. The van der Waals surface area contributed by atoms with Crippen LogP contribution in [0, 0.1) is 0 Å². The molecule has 0 aliphatic heterocycles. The van der Waals surface area contributed by atoms with Crippen LogP contribution in [-0.2, 0) is 10.0 Å². The molecular formula is C11H15NO6S. The quantitative estimate of drug-likeness (QED) is 0.682. The van der Waals surface area contributed by atoms with Crippen molar-refractivity contribution in [2.75, 3.05) is 13.7 Å². The smallest absolute Gasteiger partial charge is 0.335 e. The molecule has 8 heteroatoms. The Bertz CT molecular complexity index is 569. The Labute approximate surface area is 110 Å². The molecular weight excluding hydrogens is 274 g/mol. The van der Waals surface area contributed by atoms with E-state index < -0.39 is 22.0 Å². The van der Waals surface area contributed by atoms with Gasteiger partial charge in [-0.3, -0.25) is 0 Å². The Kier molecular flexibility index (Phi) is 4.87. The van der Waals surface area contributed by atoms with Crippen molar-refractivity contribution in [1.82, 2.24) is 4.72 Å². The summed E-state index contributed by atoms with van der Waals surface area (Å²) in [5, 5.41) is 17.7. The molecule has 0 spiro atoms. The van der Waals surface area contributed by atoms with E-state index in [2.05, 4.69) is 4.72 Å². The second-order valence-electron chi connectivity index (χ2n) is 3.88. The number of aromatic carboxylic acids is 1. The molecule has 1 aromatic rings. The van der Waals surface area contributed by atoms with Gasteiger partial charge in [-0.15, -0.1) is 0 Å². The van der Waals surface area contributed by atoms with Crippen LogP contribution in [0.15, 0.2) is 23.1 Å². The predicted molar refractivity (Wildman–Crippen MR) is 66.8 cm³/mol. The Morgan fingerprint density at radius 1 is 1.47 bits per heavy atom. The number of hydrogen-bond acceptors (Lipinski definition) is 5. The molecule has 0 fully saturated rings. The van der Waals surface area contributed by atoms with Crippen LogP contribution in [0.5, 0.6) is 5.75 Å². The number of nitrogens with one attached hydrogen (secondary N) is 1. The number of benzene rings is 1. The topological polar surface area (TPSA) is 113 Å². The number of sulfonamides is 1. The second kappa shape index (κ2) is 6.00. The fourth-order valence-electron chi connectivity index (χ4n) is 1.39. The number of hydrogen-bond donors (Lipinski definition) is 3. The van der Waals surface area contributed by atoms with Gasteiger partial charge in [0, 0.05) is 6.04 Å². The van der Waals surface area contributed by atoms with Crippen LogP contribution in [-0.4, -0.2) is 44.4 Å². The Morgan fingerprint density at radius 3 is 2.58 bits per heavy atom. The molecule has 106 valence electrons. The lowest BCUT2D eigenvalue weighted by Gasteiger charge is -2.14. The van der Waals surface area contributed by atoms with E-state index in [0.717, 1.165) is 6.07 Å². The number of rotatable bonds is 6. The van der Waals surface area contributed by atoms with Crippen molar-refractivity contribution in [2.24, 2.45) is 0 Å². The first-order chi connectivity index (χ1) is 8.81. The van der Waals surface area contributed by atoms with Crippen molar-refractivity contribution in [2.45, 2.75) is 17.9 Å². The van der Waals surface area contributed by atoms with Gasteiger partial charge in [0.25, 0.3) is 0 Å². The van der Waals surface area contributed by atoms with Crippen molar-refractivity contribution >= 4 is 16.0 Å². The van der Waals surface area contributed by atoms with Crippen LogP contribution in [0.25, 0.3) is 0 Å². The molecule has 3 N–H and O–H groups in total. The van der Waals surface area contributed by atoms with Crippen molar-refractivity contribution in [3.63, 3.8) is 0 Å². The molecule has 0 radical (unpaired) electrons. The highest BCUT2D eigenvalue weighted by atomic mass is 32.2. The second-order valence-corrected chi connectivity index (χ2v) is 5.56. The van der Waals surface area contributed by atoms with Crippen molar-refractivity contribution in [3.8, 4) is 5.75 Å². The minimum atomic E-state index is -3.97. The largest absolute Gasteiger partial charge is 0.495 e. The van der Waals surface area contributed by atoms with Gasteiger partial charge in [0.05, 0.1) is 19.3 Å². The van der Waals surface area contributed by atoms with Crippen molar-refractivity contribution in [3.05, 3.63) is 23.8 Å². The van der Waals surface area contributed by atoms with Crippen molar-refractivity contribution in [1.29, 1.82) is 0 Å². The van der Waals surface area contributed by atoms with Crippen LogP contribution in [0.4, 0.5) is 0 Å². The van der Waals surface area contributed by atoms with E-state index >= 15 is 0 Å². The molecule has 1 rings (SSSR count). The molecule has 0 saturated heterocycles. The first-order valence-electron chi connectivity index (χ1n) is 5.36. The third-order valence-electron chi connectivity index (χ3n) is 2.33. The van der Waals surface area contributed by atoms with E-state index in [4.69, 9.17) is 14.9 Å². The molecule has 0 amide bonds. The number of carboxylic acid groups (broad SMARTS) is 1. The first-order valence-corrected chi connectivity index (χ1v) is 6.84. The number of aliphatic hydroxyl groups is 1. The minimum Gasteiger partial charge on any atom is -0.495 e. The summed E-state index contributed by atoms with van der Waals surface area (Å²) in [6.45, 7) is 1.10. The molecule has 0 heterocycles. The summed E-state index contributed by atoms with van der Waals surface area (Å²) in [6.07, 6.45) is 0. The van der Waals surface area contributed by atoms with Gasteiger partial charge in [-0.1, -0.05) is 0 Å². The molecule has 19 heavy (non-hydrogen) atoms. The number of carbonyl (C=O) groups is 1. The van der Waals surface area contributed by atoms with Gasteiger partial charge in [0.1, 0.15) is 10.6 Å². The monoisotopic (exact) mass is 289 g/mol. The van der Waals surface area contributed by atoms with Crippen LogP contribution in [0.1, 0.15) is 17.3 Å². The zero-order chi connectivity index (χ0) is 14.6. The van der Waals surface area contributed by atoms with Crippen LogP contribution in [0.2, 0.25) is 0 Å². The predicted octanol–water partition coefficient (Wildman–Crippen LogP) is 0.0525. The van der Waals surface area contributed by atoms with Gasteiger partial charge >= 0.3 is 5.97 Å². The number of carboxylic acids is 1. The Hall–Kier alpha value is -1.64. The van der Waals surface area contributed by atoms with Gasteiger partial charge < -0.3 is 14.9 Å². The maximum Gasteiger partial charge on any atom is 0.335 e. The maximum atomic E-state index is 12.1. The van der Waals surface area contributed by atoms with E-state index in [1.54, 1.807) is 0 Å². The summed E-state index contributed by atoms with van der Waals surface area (Å²) in [6, 6.07) is 2.83. The van der Waals surface area contributed by atoms with E-state index in [0.29, 0.717) is 0 Å². The van der Waals surface area contributed by atoms with Crippen LogP contribution >= 0.6 is 0 Å². The third-order valence-corrected chi connectivity index (χ3v) is 3.94. The highest BCUT2D eigenvalue weighted by molar-refractivity contribution is 7.89. The lowest BCUT2D eigenvalue weighted by atomic mass is 10.2. The number of ether oxygens (including phenoxy) is 1. The molecule has 0 aliphatic carbocycles. The standard InChI is InChI=1S/C11H15NO6S/c1-7(6-13)12-19(16,17)10-5-8(11(14)15)3-4-9(10)18-2/h3-5,7,12-13H,6H2,1-2H3,(H,14,15). The molecule has 1 aromatic carbocycles. The summed E-state index contributed by atoms with van der Waals surface area (Å²) in [5.41, 5.74) is -0.169. The maximum absolute atomic E-state index is 12.1. The van der Waals surface area contributed by atoms with E-state index in [9.17, 15) is 13.2 Å². The molecule has 0 saturated carbocycles. The Morgan fingerprint density at radius 2 is 2.11 bits per heavy atom. The Balaban J connectivity index is 3.30. The summed E-state index contributed by atoms with van der Waals surface area (Å²) < 4.78 is 31.2. The molecule has 0 bridgehead atoms. The molecule has 0 aromatic heterocycles. The lowest BCUT2D eigenvalue weighted by Crippen LogP contribution is -2.35. The normalized spacial score (nSPS) is 13.0. The van der Waals surface area contributed by atoms with Crippen molar-refractivity contribution < 1.29 is 28.2 Å². The van der Waals surface area contributed by atoms with E-state index in [-0.39, 0.29) is 22.8 Å². The highest BCUT2D eigenvalue weighted by Gasteiger charge is 2.23. The SMILES string of the molecule is COc1ccc(C(=O)O)cc1S(=O)(=O)NC(C)CO. The zero-order valence-corrected chi connectivity index (χ0v) is 11.3. The summed E-state index contributed by atoms with van der Waals surface area (Å²) in [5.74, 6) is -1.21. The van der Waals surface area contributed by atoms with Gasteiger partial charge in [0.2, 0.25) is 10.0 Å². The third kappa shape index (κ3) is 3.66. The van der Waals surface area contributed by atoms with E-state index in [1.165, 1.54) is 26.2 Å². The summed E-state index contributed by atoms with van der Waals surface area (Å²) in [4.78, 5) is 10.6. The average Bonchev–Trinajstić information content (AvgIpc) is 2.37. The summed E-state index contributed by atoms with van der Waals surface area (Å²) >= 11 is 0. The number of aliphatic hydroxyl groups excluding tert-OH is 1. The molecule has 0 aliphatic rings. The van der Waals surface area contributed by atoms with Crippen LogP contribution < -0.4 is 9.46 Å². The van der Waals surface area contributed by atoms with Gasteiger partial charge in [-0.05, 0) is 25.1 Å². The lowest BCUT2D eigenvalue weighted by molar-refractivity contribution is 0.0696. The first kappa shape index (κ1) is 15.4. The fourth-order valence-corrected chi connectivity index (χ4v) is 2.81.